The van der Waals surface area contributed by atoms with Crippen LogP contribution in [0.25, 0.3) is 0 Å². The molecule has 0 amide bonds. The molecule has 0 aromatic rings. The molecule has 1 saturated carbocycles. The number of methoxy groups -OCH3 is 1. The van der Waals surface area contributed by atoms with Crippen LogP contribution in [0.2, 0.25) is 0 Å². The highest BCUT2D eigenvalue weighted by Crippen LogP contribution is 2.27. The van der Waals surface area contributed by atoms with Crippen molar-refractivity contribution in [3.63, 3.8) is 0 Å². The fraction of sp³-hybridized carbons (Fsp3) is 0.778. The van der Waals surface area contributed by atoms with Crippen molar-refractivity contribution < 1.29 is 14.3 Å². The highest BCUT2D eigenvalue weighted by Gasteiger charge is 2.25. The third-order valence-corrected chi connectivity index (χ3v) is 2.25. The third-order valence-electron chi connectivity index (χ3n) is 2.25. The molecule has 1 rings (SSSR count). The Labute approximate surface area is 72.1 Å². The Morgan fingerprint density at radius 2 is 2.25 bits per heavy atom. The number of hydrogen-bond donors (Lipinski definition) is 0. The van der Waals surface area contributed by atoms with E-state index in [0.717, 1.165) is 25.7 Å². The predicted molar refractivity (Wildman–Crippen MR) is 43.6 cm³/mol. The predicted octanol–water partition coefficient (Wildman–Crippen LogP) is 1.31. The van der Waals surface area contributed by atoms with Crippen LogP contribution in [0.4, 0.5) is 0 Å². The normalized spacial score (nSPS) is 17.2. The van der Waals surface area contributed by atoms with Gasteiger partial charge in [-0.2, -0.15) is 0 Å². The average Bonchev–Trinajstić information content (AvgIpc) is 2.01. The number of ether oxygens (including phenoxy) is 1. The summed E-state index contributed by atoms with van der Waals surface area (Å²) in [4.78, 5) is 21.2. The maximum atomic E-state index is 10.7. The van der Waals surface area contributed by atoms with Crippen molar-refractivity contribution in [1.29, 1.82) is 0 Å². The maximum Gasteiger partial charge on any atom is 0.305 e. The van der Waals surface area contributed by atoms with Crippen LogP contribution in [0.3, 0.4) is 0 Å². The third kappa shape index (κ3) is 2.64. The number of carbonyl (C=O) groups is 2. The summed E-state index contributed by atoms with van der Waals surface area (Å²) in [6, 6.07) is 0. The molecule has 0 aromatic carbocycles. The lowest BCUT2D eigenvalue weighted by atomic mass is 9.80. The van der Waals surface area contributed by atoms with E-state index < -0.39 is 0 Å². The number of ketones is 1. The van der Waals surface area contributed by atoms with E-state index >= 15 is 0 Å². The number of carbonyl (C=O) groups excluding carboxylic acids is 2. The summed E-state index contributed by atoms with van der Waals surface area (Å²) in [7, 11) is 1.40. The lowest BCUT2D eigenvalue weighted by Crippen LogP contribution is -2.23. The minimum absolute atomic E-state index is 0.152. The molecule has 0 radical (unpaired) electrons. The van der Waals surface area contributed by atoms with E-state index in [-0.39, 0.29) is 5.97 Å². The molecule has 0 bridgehead atoms. The summed E-state index contributed by atoms with van der Waals surface area (Å²) in [6.07, 6.45) is 3.77. The first-order valence-electron chi connectivity index (χ1n) is 4.31. The van der Waals surface area contributed by atoms with E-state index in [1.807, 2.05) is 0 Å². The number of hydrogen-bond acceptors (Lipinski definition) is 3. The molecule has 12 heavy (non-hydrogen) atoms. The molecule has 0 aromatic heterocycles. The quantitative estimate of drug-likeness (QED) is 0.597. The molecule has 1 aliphatic carbocycles. The van der Waals surface area contributed by atoms with Gasteiger partial charge in [-0.25, -0.2) is 0 Å². The van der Waals surface area contributed by atoms with Gasteiger partial charge in [0.15, 0.2) is 0 Å². The Hall–Kier alpha value is -0.860. The van der Waals surface area contributed by atoms with Crippen molar-refractivity contribution in [2.75, 3.05) is 7.11 Å². The van der Waals surface area contributed by atoms with Gasteiger partial charge in [0.2, 0.25) is 0 Å². The van der Waals surface area contributed by atoms with Gasteiger partial charge in [0.1, 0.15) is 5.78 Å². The van der Waals surface area contributed by atoms with Gasteiger partial charge in [0.25, 0.3) is 0 Å². The standard InChI is InChI=1S/C9H14O3/c1-12-9(11)4-2-3-7-5-8(10)6-7/h7H,2-6H2,1H3. The summed E-state index contributed by atoms with van der Waals surface area (Å²) in [5.74, 6) is 0.751. The van der Waals surface area contributed by atoms with Gasteiger partial charge in [-0.05, 0) is 18.8 Å². The van der Waals surface area contributed by atoms with Gasteiger partial charge in [-0.3, -0.25) is 9.59 Å². The molecule has 0 heterocycles. The SMILES string of the molecule is COC(=O)CCCC1CC(=O)C1. The largest absolute Gasteiger partial charge is 0.469 e. The Bertz CT molecular complexity index is 178. The highest BCUT2D eigenvalue weighted by molar-refractivity contribution is 5.84. The van der Waals surface area contributed by atoms with Crippen molar-refractivity contribution in [3.05, 3.63) is 0 Å². The average molecular weight is 170 g/mol. The summed E-state index contributed by atoms with van der Waals surface area (Å²) in [5, 5.41) is 0. The van der Waals surface area contributed by atoms with E-state index in [1.54, 1.807) is 0 Å². The first-order chi connectivity index (χ1) is 5.72. The molecule has 1 fully saturated rings. The molecule has 0 unspecified atom stereocenters. The first-order valence-corrected chi connectivity index (χ1v) is 4.31. The lowest BCUT2D eigenvalue weighted by molar-refractivity contribution is -0.140. The second kappa shape index (κ2) is 4.24. The second-order valence-corrected chi connectivity index (χ2v) is 3.28. The molecule has 0 saturated heterocycles. The van der Waals surface area contributed by atoms with Crippen molar-refractivity contribution in [3.8, 4) is 0 Å². The van der Waals surface area contributed by atoms with E-state index in [4.69, 9.17) is 0 Å². The fourth-order valence-corrected chi connectivity index (χ4v) is 1.43. The smallest absolute Gasteiger partial charge is 0.305 e. The monoisotopic (exact) mass is 170 g/mol. The number of rotatable bonds is 4. The van der Waals surface area contributed by atoms with Gasteiger partial charge >= 0.3 is 5.97 Å². The zero-order valence-electron chi connectivity index (χ0n) is 7.34. The van der Waals surface area contributed by atoms with Crippen molar-refractivity contribution in [1.82, 2.24) is 0 Å². The first kappa shape index (κ1) is 9.23. The summed E-state index contributed by atoms with van der Waals surface area (Å²) < 4.78 is 4.50. The van der Waals surface area contributed by atoms with Crippen molar-refractivity contribution in [2.45, 2.75) is 32.1 Å². The molecular weight excluding hydrogens is 156 g/mol. The molecule has 0 aliphatic heterocycles. The molecule has 1 aliphatic rings. The van der Waals surface area contributed by atoms with Crippen LogP contribution in [0.1, 0.15) is 32.1 Å². The van der Waals surface area contributed by atoms with Crippen LogP contribution >= 0.6 is 0 Å². The fourth-order valence-electron chi connectivity index (χ4n) is 1.43. The Kier molecular flexibility index (Phi) is 3.26. The molecule has 0 atom stereocenters. The Morgan fingerprint density at radius 3 is 2.75 bits per heavy atom. The zero-order valence-corrected chi connectivity index (χ0v) is 7.34. The Balaban J connectivity index is 1.96. The topological polar surface area (TPSA) is 43.4 Å². The zero-order chi connectivity index (χ0) is 8.97. The second-order valence-electron chi connectivity index (χ2n) is 3.28. The van der Waals surface area contributed by atoms with Crippen molar-refractivity contribution >= 4 is 11.8 Å². The summed E-state index contributed by atoms with van der Waals surface area (Å²) >= 11 is 0. The van der Waals surface area contributed by atoms with Crippen LogP contribution in [0, 0.1) is 5.92 Å². The molecule has 0 N–H and O–H groups in total. The van der Waals surface area contributed by atoms with Crippen LogP contribution in [-0.2, 0) is 14.3 Å². The molecule has 0 spiro atoms. The van der Waals surface area contributed by atoms with E-state index in [1.165, 1.54) is 7.11 Å². The van der Waals surface area contributed by atoms with E-state index in [9.17, 15) is 9.59 Å². The van der Waals surface area contributed by atoms with Crippen molar-refractivity contribution in [2.24, 2.45) is 5.92 Å². The van der Waals surface area contributed by atoms with Gasteiger partial charge in [0.05, 0.1) is 7.11 Å². The number of esters is 1. The molecule has 3 heteroatoms. The molecule has 68 valence electrons. The molecule has 3 nitrogen and oxygen atoms in total. The van der Waals surface area contributed by atoms with Gasteiger partial charge in [-0.1, -0.05) is 0 Å². The maximum absolute atomic E-state index is 10.7. The molecular formula is C9H14O3. The minimum atomic E-state index is -0.152. The van der Waals surface area contributed by atoms with Gasteiger partial charge in [-0.15, -0.1) is 0 Å². The lowest BCUT2D eigenvalue weighted by Gasteiger charge is -2.23. The van der Waals surface area contributed by atoms with Crippen LogP contribution in [0.15, 0.2) is 0 Å². The highest BCUT2D eigenvalue weighted by atomic mass is 16.5. The van der Waals surface area contributed by atoms with Gasteiger partial charge in [0, 0.05) is 19.3 Å². The van der Waals surface area contributed by atoms with Crippen LogP contribution in [-0.4, -0.2) is 18.9 Å². The van der Waals surface area contributed by atoms with E-state index in [2.05, 4.69) is 4.74 Å². The summed E-state index contributed by atoms with van der Waals surface area (Å²) in [5.41, 5.74) is 0. The van der Waals surface area contributed by atoms with Gasteiger partial charge < -0.3 is 4.74 Å². The summed E-state index contributed by atoms with van der Waals surface area (Å²) in [6.45, 7) is 0. The van der Waals surface area contributed by atoms with Crippen LogP contribution < -0.4 is 0 Å². The van der Waals surface area contributed by atoms with Crippen LogP contribution in [0.5, 0.6) is 0 Å². The number of Topliss-reactive ketones (excluding diaryl/α,β-unsaturated/α-hetero) is 1. The minimum Gasteiger partial charge on any atom is -0.469 e. The van der Waals surface area contributed by atoms with E-state index in [0.29, 0.717) is 18.1 Å². The Morgan fingerprint density at radius 1 is 1.58 bits per heavy atom.